The second-order valence-corrected chi connectivity index (χ2v) is 11.3. The van der Waals surface area contributed by atoms with E-state index in [1.165, 1.54) is 12.1 Å². The number of hydrogen-bond acceptors (Lipinski definition) is 9. The van der Waals surface area contributed by atoms with Crippen LogP contribution in [0.5, 0.6) is 5.88 Å². The zero-order valence-electron chi connectivity index (χ0n) is 22.7. The van der Waals surface area contributed by atoms with Crippen molar-refractivity contribution in [2.75, 3.05) is 36.6 Å². The van der Waals surface area contributed by atoms with Gasteiger partial charge in [0.15, 0.2) is 17.3 Å². The van der Waals surface area contributed by atoms with E-state index in [2.05, 4.69) is 30.2 Å². The average molecular weight is 606 g/mol. The molecule has 1 aliphatic rings. The Hall–Kier alpha value is -4.95. The normalized spacial score (nSPS) is 14.9. The Morgan fingerprint density at radius 3 is 2.65 bits per heavy atom. The molecule has 0 fully saturated rings. The predicted octanol–water partition coefficient (Wildman–Crippen LogP) is 5.66. The Morgan fingerprint density at radius 1 is 1.02 bits per heavy atom. The maximum atomic E-state index is 15.7. The average Bonchev–Trinajstić information content (AvgIpc) is 3.67. The third-order valence-corrected chi connectivity index (χ3v) is 8.14. The monoisotopic (exact) mass is 605 g/mol. The number of methoxy groups -OCH3 is 1. The first-order chi connectivity index (χ1) is 20.8. The number of nitrogens with zero attached hydrogens (tertiary/aromatic N) is 5. The molecule has 14 heteroatoms. The zero-order chi connectivity index (χ0) is 30.0. The van der Waals surface area contributed by atoms with Crippen LogP contribution in [-0.2, 0) is 14.8 Å². The zero-order valence-corrected chi connectivity index (χ0v) is 23.6. The van der Waals surface area contributed by atoms with E-state index in [0.29, 0.717) is 34.6 Å². The summed E-state index contributed by atoms with van der Waals surface area (Å²) >= 11 is 0. The van der Waals surface area contributed by atoms with Crippen molar-refractivity contribution in [2.24, 2.45) is 10.3 Å². The van der Waals surface area contributed by atoms with Crippen LogP contribution in [0.4, 0.5) is 20.2 Å². The van der Waals surface area contributed by atoms with Gasteiger partial charge in [-0.2, -0.15) is 5.11 Å². The van der Waals surface area contributed by atoms with Crippen molar-refractivity contribution >= 4 is 32.4 Å². The molecule has 220 valence electrons. The van der Waals surface area contributed by atoms with Crippen LogP contribution in [0.15, 0.2) is 94.2 Å². The number of aromatic nitrogens is 3. The van der Waals surface area contributed by atoms with Gasteiger partial charge in [-0.05, 0) is 47.0 Å². The Kier molecular flexibility index (Phi) is 7.69. The summed E-state index contributed by atoms with van der Waals surface area (Å²) < 4.78 is 70.0. The van der Waals surface area contributed by atoms with Crippen molar-refractivity contribution in [1.82, 2.24) is 15.2 Å². The molecule has 0 amide bonds. The minimum atomic E-state index is -4.22. The van der Waals surface area contributed by atoms with Crippen molar-refractivity contribution in [3.05, 3.63) is 96.2 Å². The molecular formula is C29H25F2N7O4S. The molecule has 11 nitrogen and oxygen atoms in total. The van der Waals surface area contributed by atoms with Gasteiger partial charge in [-0.15, -0.1) is 5.10 Å². The maximum Gasteiger partial charge on any atom is 0.262 e. The fraction of sp³-hybridized carbons (Fsp3) is 0.172. The summed E-state index contributed by atoms with van der Waals surface area (Å²) in [6, 6.07) is 18.6. The maximum absolute atomic E-state index is 15.7. The second-order valence-electron chi connectivity index (χ2n) is 9.59. The number of H-pyrrole nitrogens is 1. The second kappa shape index (κ2) is 11.7. The number of aromatic amines is 1. The Labute approximate surface area is 245 Å². The molecule has 3 heterocycles. The molecule has 3 aromatic carbocycles. The highest BCUT2D eigenvalue weighted by atomic mass is 32.2. The van der Waals surface area contributed by atoms with Gasteiger partial charge in [-0.25, -0.2) is 27.2 Å². The number of halogens is 2. The lowest BCUT2D eigenvalue weighted by atomic mass is 10.1. The highest BCUT2D eigenvalue weighted by Gasteiger charge is 2.30. The number of benzene rings is 3. The molecule has 0 radical (unpaired) electrons. The van der Waals surface area contributed by atoms with Crippen LogP contribution in [0.25, 0.3) is 22.2 Å². The van der Waals surface area contributed by atoms with E-state index in [1.807, 2.05) is 30.3 Å². The highest BCUT2D eigenvalue weighted by Crippen LogP contribution is 2.36. The van der Waals surface area contributed by atoms with Gasteiger partial charge in [-0.3, -0.25) is 9.82 Å². The molecule has 1 atom stereocenters. The number of anilines is 2. The van der Waals surface area contributed by atoms with Crippen LogP contribution in [-0.4, -0.2) is 50.5 Å². The smallest absolute Gasteiger partial charge is 0.262 e. The molecule has 0 bridgehead atoms. The molecule has 0 saturated carbocycles. The van der Waals surface area contributed by atoms with Crippen LogP contribution in [0.1, 0.15) is 11.6 Å². The topological polar surface area (TPSA) is 134 Å². The SMILES string of the molecule is COCCOc1n[nH]c2ncc(C3CN(c4c(F)ccc(NS(=O)(=O)c5cccc(-c6ccccc6)c5)c4F)N=N3)cc12. The highest BCUT2D eigenvalue weighted by molar-refractivity contribution is 7.92. The fourth-order valence-corrected chi connectivity index (χ4v) is 5.72. The lowest BCUT2D eigenvalue weighted by Crippen LogP contribution is -2.21. The molecular weight excluding hydrogens is 580 g/mol. The van der Waals surface area contributed by atoms with Crippen LogP contribution in [0.2, 0.25) is 0 Å². The van der Waals surface area contributed by atoms with Gasteiger partial charge in [-0.1, -0.05) is 47.7 Å². The van der Waals surface area contributed by atoms with E-state index in [4.69, 9.17) is 9.47 Å². The van der Waals surface area contributed by atoms with E-state index in [-0.39, 0.29) is 18.0 Å². The van der Waals surface area contributed by atoms with Gasteiger partial charge in [0.25, 0.3) is 10.0 Å². The number of sulfonamides is 1. The molecule has 1 unspecified atom stereocenters. The molecule has 43 heavy (non-hydrogen) atoms. The Balaban J connectivity index is 1.23. The summed E-state index contributed by atoms with van der Waals surface area (Å²) in [5.41, 5.74) is 1.64. The molecule has 2 aromatic heterocycles. The molecule has 2 N–H and O–H groups in total. The van der Waals surface area contributed by atoms with E-state index < -0.39 is 39.1 Å². The number of fused-ring (bicyclic) bond motifs is 1. The third kappa shape index (κ3) is 5.74. The Morgan fingerprint density at radius 2 is 1.84 bits per heavy atom. The van der Waals surface area contributed by atoms with Gasteiger partial charge < -0.3 is 9.47 Å². The summed E-state index contributed by atoms with van der Waals surface area (Å²) in [5.74, 6) is -1.72. The number of nitrogens with one attached hydrogen (secondary N) is 2. The summed E-state index contributed by atoms with van der Waals surface area (Å²) in [6.07, 6.45) is 1.56. The van der Waals surface area contributed by atoms with E-state index >= 15 is 4.39 Å². The van der Waals surface area contributed by atoms with Gasteiger partial charge >= 0.3 is 0 Å². The van der Waals surface area contributed by atoms with E-state index in [1.54, 1.807) is 31.5 Å². The number of hydrogen-bond donors (Lipinski definition) is 2. The van der Waals surface area contributed by atoms with Crippen molar-refractivity contribution in [1.29, 1.82) is 0 Å². The first-order valence-electron chi connectivity index (χ1n) is 13.1. The predicted molar refractivity (Wildman–Crippen MR) is 155 cm³/mol. The lowest BCUT2D eigenvalue weighted by molar-refractivity contribution is 0.144. The standard InChI is InChI=1S/C29H25F2N7O4S/c1-41-12-13-42-29-22-15-20(16-32-28(22)34-35-29)25-17-38(37-33-25)27-23(30)10-11-24(26(27)31)36-43(39,40)21-9-5-8-19(14-21)18-6-3-2-4-7-18/h2-11,14-16,25,36H,12-13,17H2,1H3,(H,32,34,35). The minimum absolute atomic E-state index is 0.0198. The van der Waals surface area contributed by atoms with Crippen LogP contribution in [0, 0.1) is 11.6 Å². The van der Waals surface area contributed by atoms with Crippen LogP contribution < -0.4 is 14.5 Å². The molecule has 1 aliphatic heterocycles. The van der Waals surface area contributed by atoms with Gasteiger partial charge in [0, 0.05) is 13.3 Å². The summed E-state index contributed by atoms with van der Waals surface area (Å²) in [5, 5.41) is 16.7. The molecule has 0 aliphatic carbocycles. The minimum Gasteiger partial charge on any atom is -0.474 e. The molecule has 6 rings (SSSR count). The van der Waals surface area contributed by atoms with Crippen LogP contribution >= 0.6 is 0 Å². The van der Waals surface area contributed by atoms with E-state index in [0.717, 1.165) is 22.7 Å². The van der Waals surface area contributed by atoms with E-state index in [9.17, 15) is 12.8 Å². The molecule has 5 aromatic rings. The van der Waals surface area contributed by atoms with Crippen molar-refractivity contribution < 1.29 is 26.7 Å². The third-order valence-electron chi connectivity index (χ3n) is 6.78. The quantitative estimate of drug-likeness (QED) is 0.196. The fourth-order valence-electron chi connectivity index (χ4n) is 4.61. The van der Waals surface area contributed by atoms with Crippen molar-refractivity contribution in [3.63, 3.8) is 0 Å². The summed E-state index contributed by atoms with van der Waals surface area (Å²) in [6.45, 7) is 0.641. The van der Waals surface area contributed by atoms with Crippen LogP contribution in [0.3, 0.4) is 0 Å². The lowest BCUT2D eigenvalue weighted by Gasteiger charge is -2.18. The molecule has 0 spiro atoms. The first-order valence-corrected chi connectivity index (χ1v) is 14.6. The number of pyridine rings is 1. The van der Waals surface area contributed by atoms with Gasteiger partial charge in [0.2, 0.25) is 5.88 Å². The largest absolute Gasteiger partial charge is 0.474 e. The number of rotatable bonds is 10. The molecule has 0 saturated heterocycles. The number of ether oxygens (including phenoxy) is 2. The van der Waals surface area contributed by atoms with Gasteiger partial charge in [0.1, 0.15) is 18.3 Å². The Bertz CT molecular complexity index is 1920. The van der Waals surface area contributed by atoms with Gasteiger partial charge in [0.05, 0.1) is 29.1 Å². The van der Waals surface area contributed by atoms with Crippen molar-refractivity contribution in [3.8, 4) is 17.0 Å². The first kappa shape index (κ1) is 28.2. The van der Waals surface area contributed by atoms with Crippen molar-refractivity contribution in [2.45, 2.75) is 10.9 Å². The summed E-state index contributed by atoms with van der Waals surface area (Å²) in [4.78, 5) is 4.27. The summed E-state index contributed by atoms with van der Waals surface area (Å²) in [7, 11) is -2.66.